The lowest BCUT2D eigenvalue weighted by Gasteiger charge is -2.07. The van der Waals surface area contributed by atoms with Crippen LogP contribution in [0.4, 0.5) is 0 Å². The molecule has 2 heteroatoms. The van der Waals surface area contributed by atoms with E-state index in [1.807, 2.05) is 0 Å². The second-order valence-corrected chi connectivity index (χ2v) is 6.27. The molecular formula is C18H15FS. The van der Waals surface area contributed by atoms with E-state index >= 15 is 0 Å². The summed E-state index contributed by atoms with van der Waals surface area (Å²) in [4.78, 5) is 4.08. The summed E-state index contributed by atoms with van der Waals surface area (Å²) in [5, 5.41) is 0. The second kappa shape index (κ2) is 6.92. The highest BCUT2D eigenvalue weighted by atomic mass is 32.2. The van der Waals surface area contributed by atoms with Crippen LogP contribution < -0.4 is 4.70 Å². The lowest BCUT2D eigenvalue weighted by molar-refractivity contribution is -0.00000371. The minimum Gasteiger partial charge on any atom is -1.00 e. The summed E-state index contributed by atoms with van der Waals surface area (Å²) in [6, 6.07) is 32.2. The Morgan fingerprint density at radius 1 is 0.400 bits per heavy atom. The molecule has 0 N–H and O–H groups in total. The first-order chi connectivity index (χ1) is 9.45. The fraction of sp³-hybridized carbons (Fsp3) is 0. The fourth-order valence-electron chi connectivity index (χ4n) is 2.08. The molecular weight excluding hydrogens is 267 g/mol. The first-order valence-corrected chi connectivity index (χ1v) is 7.57. The average molecular weight is 282 g/mol. The van der Waals surface area contributed by atoms with E-state index in [0.717, 1.165) is 0 Å². The molecule has 20 heavy (non-hydrogen) atoms. The molecule has 0 bridgehead atoms. The molecule has 0 aliphatic carbocycles. The SMILES string of the molecule is [F-].c1ccc([S+](c2ccccc2)c2ccccc2)cc1. The zero-order chi connectivity index (χ0) is 12.9. The molecule has 0 aliphatic rings. The van der Waals surface area contributed by atoms with Crippen molar-refractivity contribution in [3.8, 4) is 0 Å². The molecule has 0 aliphatic heterocycles. The molecule has 0 heterocycles. The number of halogens is 1. The van der Waals surface area contributed by atoms with Crippen molar-refractivity contribution in [2.45, 2.75) is 14.7 Å². The van der Waals surface area contributed by atoms with Gasteiger partial charge in [-0.1, -0.05) is 54.6 Å². The number of hydrogen-bond acceptors (Lipinski definition) is 0. The third-order valence-corrected chi connectivity index (χ3v) is 5.17. The molecule has 0 spiro atoms. The van der Waals surface area contributed by atoms with Crippen LogP contribution in [0.3, 0.4) is 0 Å². The Hall–Kier alpha value is -2.06. The van der Waals surface area contributed by atoms with Gasteiger partial charge in [-0.15, -0.1) is 0 Å². The summed E-state index contributed by atoms with van der Waals surface area (Å²) in [6.45, 7) is 0. The highest BCUT2D eigenvalue weighted by molar-refractivity contribution is 7.97. The standard InChI is InChI=1S/C18H15S.FH/c1-4-10-16(11-5-1)19(17-12-6-2-7-13-17)18-14-8-3-9-15-18;/h1-15H;1H/q+1;/p-1. The maximum atomic E-state index is 2.21. The van der Waals surface area contributed by atoms with Gasteiger partial charge in [-0.2, -0.15) is 0 Å². The number of rotatable bonds is 3. The van der Waals surface area contributed by atoms with Gasteiger partial charge >= 0.3 is 0 Å². The Balaban J connectivity index is 0.00000147. The van der Waals surface area contributed by atoms with E-state index in [1.54, 1.807) is 0 Å². The van der Waals surface area contributed by atoms with E-state index in [9.17, 15) is 0 Å². The van der Waals surface area contributed by atoms with E-state index in [4.69, 9.17) is 0 Å². The predicted octanol–water partition coefficient (Wildman–Crippen LogP) is 1.79. The van der Waals surface area contributed by atoms with Gasteiger partial charge in [-0.3, -0.25) is 0 Å². The molecule has 0 aromatic heterocycles. The number of benzene rings is 3. The Morgan fingerprint density at radius 3 is 0.900 bits per heavy atom. The maximum absolute atomic E-state index is 2.21. The van der Waals surface area contributed by atoms with E-state index in [1.165, 1.54) is 14.7 Å². The molecule has 3 aromatic carbocycles. The minimum atomic E-state index is -0.0146. The maximum Gasteiger partial charge on any atom is 0.166 e. The lowest BCUT2D eigenvalue weighted by atomic mass is 10.4. The normalized spacial score (nSPS) is 10.1. The monoisotopic (exact) mass is 282 g/mol. The van der Waals surface area contributed by atoms with Gasteiger partial charge in [0.15, 0.2) is 14.7 Å². The topological polar surface area (TPSA) is 0 Å². The second-order valence-electron chi connectivity index (χ2n) is 4.25. The Bertz CT molecular complexity index is 529. The van der Waals surface area contributed by atoms with E-state index in [2.05, 4.69) is 91.0 Å². The van der Waals surface area contributed by atoms with Crippen LogP contribution in [0.15, 0.2) is 106 Å². The van der Waals surface area contributed by atoms with Crippen molar-refractivity contribution in [1.82, 2.24) is 0 Å². The van der Waals surface area contributed by atoms with Gasteiger partial charge < -0.3 is 4.70 Å². The summed E-state index contributed by atoms with van der Waals surface area (Å²) in [5.41, 5.74) is 0. The molecule has 3 rings (SSSR count). The van der Waals surface area contributed by atoms with Crippen molar-refractivity contribution < 1.29 is 4.70 Å². The van der Waals surface area contributed by atoms with Crippen molar-refractivity contribution in [3.63, 3.8) is 0 Å². The van der Waals surface area contributed by atoms with Crippen molar-refractivity contribution in [1.29, 1.82) is 0 Å². The van der Waals surface area contributed by atoms with Gasteiger partial charge in [0, 0.05) is 0 Å². The summed E-state index contributed by atoms with van der Waals surface area (Å²) >= 11 is 0. The van der Waals surface area contributed by atoms with Gasteiger partial charge in [-0.25, -0.2) is 0 Å². The summed E-state index contributed by atoms with van der Waals surface area (Å²) in [6.07, 6.45) is 0. The van der Waals surface area contributed by atoms with Crippen LogP contribution >= 0.6 is 0 Å². The van der Waals surface area contributed by atoms with Crippen molar-refractivity contribution in [2.24, 2.45) is 0 Å². The van der Waals surface area contributed by atoms with Crippen molar-refractivity contribution >= 4 is 10.9 Å². The number of hydrogen-bond donors (Lipinski definition) is 0. The van der Waals surface area contributed by atoms with Crippen LogP contribution in [0.2, 0.25) is 0 Å². The van der Waals surface area contributed by atoms with Gasteiger partial charge in [0.25, 0.3) is 0 Å². The molecule has 0 fully saturated rings. The molecule has 100 valence electrons. The molecule has 0 saturated carbocycles. The zero-order valence-electron chi connectivity index (χ0n) is 10.9. The van der Waals surface area contributed by atoms with Crippen LogP contribution in [0.1, 0.15) is 0 Å². The summed E-state index contributed by atoms with van der Waals surface area (Å²) in [5.74, 6) is 0. The van der Waals surface area contributed by atoms with E-state index in [0.29, 0.717) is 0 Å². The van der Waals surface area contributed by atoms with Gasteiger partial charge in [0.2, 0.25) is 0 Å². The van der Waals surface area contributed by atoms with E-state index in [-0.39, 0.29) is 15.6 Å². The highest BCUT2D eigenvalue weighted by Crippen LogP contribution is 2.30. The third kappa shape index (κ3) is 3.09. The smallest absolute Gasteiger partial charge is 0.166 e. The first kappa shape index (κ1) is 14.4. The Kier molecular flexibility index (Phi) is 4.97. The molecule has 0 saturated heterocycles. The molecule has 0 radical (unpaired) electrons. The van der Waals surface area contributed by atoms with Crippen molar-refractivity contribution in [3.05, 3.63) is 91.0 Å². The lowest BCUT2D eigenvalue weighted by Crippen LogP contribution is -3.00. The summed E-state index contributed by atoms with van der Waals surface area (Å²) in [7, 11) is -0.0146. The minimum absolute atomic E-state index is 0. The van der Waals surface area contributed by atoms with Gasteiger partial charge in [0.05, 0.1) is 10.9 Å². The summed E-state index contributed by atoms with van der Waals surface area (Å²) < 4.78 is 0. The van der Waals surface area contributed by atoms with Crippen LogP contribution in [-0.4, -0.2) is 0 Å². The first-order valence-electron chi connectivity index (χ1n) is 6.34. The quantitative estimate of drug-likeness (QED) is 0.643. The van der Waals surface area contributed by atoms with Crippen LogP contribution in [0.5, 0.6) is 0 Å². The van der Waals surface area contributed by atoms with Crippen LogP contribution in [0.25, 0.3) is 0 Å². The molecule has 0 amide bonds. The van der Waals surface area contributed by atoms with Crippen LogP contribution in [0, 0.1) is 0 Å². The largest absolute Gasteiger partial charge is 1.00 e. The predicted molar refractivity (Wildman–Crippen MR) is 81.5 cm³/mol. The molecule has 0 unspecified atom stereocenters. The Morgan fingerprint density at radius 2 is 0.650 bits per heavy atom. The molecule has 0 nitrogen and oxygen atoms in total. The molecule has 3 aromatic rings. The zero-order valence-corrected chi connectivity index (χ0v) is 11.8. The molecule has 0 atom stereocenters. The van der Waals surface area contributed by atoms with Gasteiger partial charge in [-0.05, 0) is 36.4 Å². The van der Waals surface area contributed by atoms with E-state index < -0.39 is 0 Å². The van der Waals surface area contributed by atoms with Gasteiger partial charge in [0.1, 0.15) is 0 Å². The van der Waals surface area contributed by atoms with Crippen molar-refractivity contribution in [2.75, 3.05) is 0 Å². The average Bonchev–Trinajstić information content (AvgIpc) is 2.51. The Labute approximate surface area is 121 Å². The van der Waals surface area contributed by atoms with Crippen LogP contribution in [-0.2, 0) is 10.9 Å². The fourth-order valence-corrected chi connectivity index (χ4v) is 4.18. The highest BCUT2D eigenvalue weighted by Gasteiger charge is 2.27. The third-order valence-electron chi connectivity index (χ3n) is 2.94.